The first-order valence-electron chi connectivity index (χ1n) is 19.2. The third-order valence-corrected chi connectivity index (χ3v) is 11.2. The van der Waals surface area contributed by atoms with Crippen LogP contribution in [0.3, 0.4) is 0 Å². The van der Waals surface area contributed by atoms with Crippen LogP contribution >= 0.6 is 0 Å². The summed E-state index contributed by atoms with van der Waals surface area (Å²) in [6.45, 7) is 0. The van der Waals surface area contributed by atoms with E-state index in [4.69, 9.17) is 19.4 Å². The Kier molecular flexibility index (Phi) is 7.01. The monoisotopic (exact) mass is 747 g/mol. The number of fused-ring (bicyclic) bond motifs is 9. The summed E-state index contributed by atoms with van der Waals surface area (Å²) in [5, 5.41) is 6.11. The van der Waals surface area contributed by atoms with Gasteiger partial charge in [0.05, 0.1) is 22.1 Å². The van der Waals surface area contributed by atoms with Crippen molar-refractivity contribution in [1.29, 1.82) is 0 Å². The van der Waals surface area contributed by atoms with Crippen LogP contribution in [-0.2, 0) is 0 Å². The topological polar surface area (TPSA) is 61.7 Å². The molecule has 0 aliphatic carbocycles. The largest absolute Gasteiger partial charge is 0.456 e. The van der Waals surface area contributed by atoms with Crippen molar-refractivity contribution >= 4 is 65.6 Å². The third-order valence-electron chi connectivity index (χ3n) is 11.2. The highest BCUT2D eigenvalue weighted by Crippen LogP contribution is 2.39. The number of furan rings is 1. The molecule has 0 spiro atoms. The maximum atomic E-state index is 14.4. The van der Waals surface area contributed by atoms with Crippen molar-refractivity contribution in [1.82, 2.24) is 24.1 Å². The van der Waals surface area contributed by atoms with Gasteiger partial charge >= 0.3 is 0 Å². The standard InChI is InChI=1S/C51H30FN5O/c52-35-22-26-48-42(30-35)41-29-34(21-25-47(41)58-48)50-53-49(31-11-3-1-4-12-31)54-51(55-50)57-44-18-10-8-16-38(44)40-28-33(20-24-46(40)57)32-19-23-45-39(27-32)37-15-7-9-17-43(37)56(45)36-13-5-2-6-14-36/h1-30H. The molecular weight excluding hydrogens is 718 g/mol. The van der Waals surface area contributed by atoms with Crippen molar-refractivity contribution in [2.24, 2.45) is 0 Å². The van der Waals surface area contributed by atoms with Crippen LogP contribution in [0.5, 0.6) is 0 Å². The Morgan fingerprint density at radius 2 is 0.862 bits per heavy atom. The van der Waals surface area contributed by atoms with Gasteiger partial charge in [0.15, 0.2) is 11.6 Å². The molecule has 4 heterocycles. The molecule has 0 fully saturated rings. The molecule has 0 aliphatic rings. The molecule has 8 aromatic carbocycles. The fourth-order valence-corrected chi connectivity index (χ4v) is 8.57. The normalized spacial score (nSPS) is 11.9. The van der Waals surface area contributed by atoms with Crippen LogP contribution in [0, 0.1) is 5.82 Å². The second-order valence-electron chi connectivity index (χ2n) is 14.6. The lowest BCUT2D eigenvalue weighted by molar-refractivity contribution is 0.626. The predicted molar refractivity (Wildman–Crippen MR) is 232 cm³/mol. The molecule has 0 amide bonds. The van der Waals surface area contributed by atoms with E-state index in [0.29, 0.717) is 34.1 Å². The van der Waals surface area contributed by atoms with E-state index in [9.17, 15) is 4.39 Å². The number of hydrogen-bond donors (Lipinski definition) is 0. The van der Waals surface area contributed by atoms with E-state index in [1.54, 1.807) is 6.07 Å². The van der Waals surface area contributed by atoms with Gasteiger partial charge < -0.3 is 8.98 Å². The van der Waals surface area contributed by atoms with Crippen LogP contribution in [-0.4, -0.2) is 24.1 Å². The van der Waals surface area contributed by atoms with Crippen LogP contribution in [0.4, 0.5) is 4.39 Å². The zero-order valence-electron chi connectivity index (χ0n) is 30.8. The van der Waals surface area contributed by atoms with Gasteiger partial charge in [-0.05, 0) is 96.1 Å². The van der Waals surface area contributed by atoms with Gasteiger partial charge in [-0.15, -0.1) is 0 Å². The highest BCUT2D eigenvalue weighted by atomic mass is 19.1. The summed E-state index contributed by atoms with van der Waals surface area (Å²) < 4.78 is 24.9. The average molecular weight is 748 g/mol. The van der Waals surface area contributed by atoms with E-state index in [0.717, 1.165) is 55.1 Å². The summed E-state index contributed by atoms with van der Waals surface area (Å²) in [4.78, 5) is 15.3. The Bertz CT molecular complexity index is 3590. The molecule has 0 saturated carbocycles. The fraction of sp³-hybridized carbons (Fsp3) is 0. The van der Waals surface area contributed by atoms with E-state index < -0.39 is 0 Å². The molecule has 0 atom stereocenters. The molecule has 6 nitrogen and oxygen atoms in total. The predicted octanol–water partition coefficient (Wildman–Crippen LogP) is 13.1. The molecule has 272 valence electrons. The Balaban J connectivity index is 1.05. The number of nitrogens with zero attached hydrogens (tertiary/aromatic N) is 5. The molecule has 0 bridgehead atoms. The molecule has 0 aliphatic heterocycles. The molecule has 0 N–H and O–H groups in total. The second-order valence-corrected chi connectivity index (χ2v) is 14.6. The molecule has 58 heavy (non-hydrogen) atoms. The highest BCUT2D eigenvalue weighted by Gasteiger charge is 2.20. The van der Waals surface area contributed by atoms with Crippen LogP contribution in [0.15, 0.2) is 186 Å². The Morgan fingerprint density at radius 3 is 1.55 bits per heavy atom. The lowest BCUT2D eigenvalue weighted by Gasteiger charge is -2.11. The lowest BCUT2D eigenvalue weighted by atomic mass is 10.0. The third kappa shape index (κ3) is 5.00. The number of aromatic nitrogens is 5. The van der Waals surface area contributed by atoms with Gasteiger partial charge in [-0.1, -0.05) is 97.1 Å². The summed E-state index contributed by atoms with van der Waals surface area (Å²) in [7, 11) is 0. The summed E-state index contributed by atoms with van der Waals surface area (Å²) >= 11 is 0. The van der Waals surface area contributed by atoms with Crippen molar-refractivity contribution in [3.63, 3.8) is 0 Å². The van der Waals surface area contributed by atoms with Crippen LogP contribution in [0.25, 0.3) is 111 Å². The van der Waals surface area contributed by atoms with E-state index in [1.807, 2.05) is 54.6 Å². The van der Waals surface area contributed by atoms with Gasteiger partial charge in [-0.2, -0.15) is 9.97 Å². The van der Waals surface area contributed by atoms with E-state index in [2.05, 4.69) is 118 Å². The van der Waals surface area contributed by atoms with Crippen molar-refractivity contribution in [3.8, 4) is 45.5 Å². The first-order chi connectivity index (χ1) is 28.6. The SMILES string of the molecule is Fc1ccc2oc3ccc(-c4nc(-c5ccccc5)nc(-n5c6ccccc6c6cc(-c7ccc8c(c7)c7ccccc7n8-c7ccccc7)ccc65)n4)cc3c2c1. The van der Waals surface area contributed by atoms with E-state index in [1.165, 1.54) is 33.9 Å². The molecule has 4 aromatic heterocycles. The minimum Gasteiger partial charge on any atom is -0.456 e. The zero-order valence-corrected chi connectivity index (χ0v) is 30.8. The average Bonchev–Trinajstić information content (AvgIpc) is 3.93. The fourth-order valence-electron chi connectivity index (χ4n) is 8.57. The van der Waals surface area contributed by atoms with E-state index in [-0.39, 0.29) is 5.82 Å². The van der Waals surface area contributed by atoms with Gasteiger partial charge in [-0.25, -0.2) is 9.37 Å². The molecule has 12 aromatic rings. The zero-order chi connectivity index (χ0) is 38.3. The molecule has 0 saturated heterocycles. The van der Waals surface area contributed by atoms with Crippen molar-refractivity contribution in [2.75, 3.05) is 0 Å². The smallest absolute Gasteiger partial charge is 0.238 e. The highest BCUT2D eigenvalue weighted by molar-refractivity contribution is 6.13. The van der Waals surface area contributed by atoms with Gasteiger partial charge in [0.2, 0.25) is 5.95 Å². The number of rotatable bonds is 5. The molecule has 0 radical (unpaired) electrons. The molecule has 0 unspecified atom stereocenters. The molecule has 7 heteroatoms. The first-order valence-corrected chi connectivity index (χ1v) is 19.2. The minimum atomic E-state index is -0.319. The van der Waals surface area contributed by atoms with Crippen LogP contribution in [0.1, 0.15) is 0 Å². The number of benzene rings is 8. The summed E-state index contributed by atoms with van der Waals surface area (Å²) in [5.74, 6) is 1.23. The Hall–Kier alpha value is -7.90. The van der Waals surface area contributed by atoms with Gasteiger partial charge in [0, 0.05) is 49.1 Å². The molecule has 12 rings (SSSR count). The lowest BCUT2D eigenvalue weighted by Crippen LogP contribution is -2.06. The summed E-state index contributed by atoms with van der Waals surface area (Å²) in [5.41, 5.74) is 10.6. The molecular formula is C51H30FN5O. The second kappa shape index (κ2) is 12.6. The van der Waals surface area contributed by atoms with Crippen LogP contribution < -0.4 is 0 Å². The van der Waals surface area contributed by atoms with Crippen molar-refractivity contribution in [3.05, 3.63) is 188 Å². The summed E-state index contributed by atoms with van der Waals surface area (Å²) in [6, 6.07) is 61.3. The minimum absolute atomic E-state index is 0.319. The summed E-state index contributed by atoms with van der Waals surface area (Å²) in [6.07, 6.45) is 0. The van der Waals surface area contributed by atoms with Gasteiger partial charge in [-0.3, -0.25) is 4.57 Å². The van der Waals surface area contributed by atoms with Crippen molar-refractivity contribution in [2.45, 2.75) is 0 Å². The quantitative estimate of drug-likeness (QED) is 0.176. The van der Waals surface area contributed by atoms with Gasteiger partial charge in [0.1, 0.15) is 17.0 Å². The Morgan fingerprint density at radius 1 is 0.362 bits per heavy atom. The maximum Gasteiger partial charge on any atom is 0.238 e. The van der Waals surface area contributed by atoms with Crippen molar-refractivity contribution < 1.29 is 8.81 Å². The number of hydrogen-bond acceptors (Lipinski definition) is 4. The van der Waals surface area contributed by atoms with E-state index >= 15 is 0 Å². The number of halogens is 1. The van der Waals surface area contributed by atoms with Crippen LogP contribution in [0.2, 0.25) is 0 Å². The maximum absolute atomic E-state index is 14.4. The Labute approximate surface area is 330 Å². The van der Waals surface area contributed by atoms with Gasteiger partial charge in [0.25, 0.3) is 0 Å². The first kappa shape index (κ1) is 32.4. The number of para-hydroxylation sites is 3.